The van der Waals surface area contributed by atoms with Gasteiger partial charge in [0.15, 0.2) is 0 Å². The third kappa shape index (κ3) is 5.63. The van der Waals surface area contributed by atoms with Crippen molar-refractivity contribution in [2.24, 2.45) is 5.92 Å². The van der Waals surface area contributed by atoms with Gasteiger partial charge in [0.1, 0.15) is 12.1 Å². The predicted molar refractivity (Wildman–Crippen MR) is 128 cm³/mol. The number of aromatic nitrogens is 3. The molecule has 0 saturated carbocycles. The number of ether oxygens (including phenoxy) is 2. The summed E-state index contributed by atoms with van der Waals surface area (Å²) < 4.78 is 11.7. The van der Waals surface area contributed by atoms with E-state index in [1.165, 1.54) is 0 Å². The van der Waals surface area contributed by atoms with Crippen LogP contribution in [0.5, 0.6) is 0 Å². The molecule has 0 unspecified atom stereocenters. The van der Waals surface area contributed by atoms with Gasteiger partial charge < -0.3 is 19.3 Å². The zero-order chi connectivity index (χ0) is 24.0. The van der Waals surface area contributed by atoms with E-state index < -0.39 is 0 Å². The summed E-state index contributed by atoms with van der Waals surface area (Å²) in [5, 5.41) is 0. The molecule has 2 aliphatic rings. The van der Waals surface area contributed by atoms with Crippen molar-refractivity contribution >= 4 is 22.8 Å². The van der Waals surface area contributed by atoms with Crippen molar-refractivity contribution in [3.63, 3.8) is 0 Å². The summed E-state index contributed by atoms with van der Waals surface area (Å²) in [6.45, 7) is 3.21. The van der Waals surface area contributed by atoms with Crippen molar-refractivity contribution in [2.75, 3.05) is 39.4 Å². The molecule has 2 saturated heterocycles. The van der Waals surface area contributed by atoms with Crippen LogP contribution in [0.25, 0.3) is 11.0 Å². The second-order valence-electron chi connectivity index (χ2n) is 9.06. The Bertz CT molecular complexity index is 1160. The third-order valence-electron chi connectivity index (χ3n) is 6.57. The van der Waals surface area contributed by atoms with Crippen LogP contribution in [0.15, 0.2) is 55.1 Å². The smallest absolute Gasteiger partial charge is 0.256 e. The molecule has 2 fully saturated rings. The molecule has 9 nitrogen and oxygen atoms in total. The van der Waals surface area contributed by atoms with E-state index in [0.29, 0.717) is 48.8 Å². The fourth-order valence-electron chi connectivity index (χ4n) is 4.69. The number of amides is 2. The molecule has 182 valence electrons. The number of rotatable bonds is 6. The number of pyridine rings is 1. The average molecular weight is 476 g/mol. The maximum atomic E-state index is 13.6. The lowest BCUT2D eigenvalue weighted by Gasteiger charge is -2.30. The van der Waals surface area contributed by atoms with Crippen LogP contribution in [-0.2, 0) is 20.9 Å². The fourth-order valence-corrected chi connectivity index (χ4v) is 4.69. The number of hydrogen-bond donors (Lipinski definition) is 0. The van der Waals surface area contributed by atoms with Gasteiger partial charge in [0.05, 0.1) is 23.8 Å². The Balaban J connectivity index is 1.37. The van der Waals surface area contributed by atoms with E-state index in [9.17, 15) is 9.59 Å². The van der Waals surface area contributed by atoms with Crippen LogP contribution in [0.1, 0.15) is 28.8 Å². The Morgan fingerprint density at radius 2 is 1.91 bits per heavy atom. The Labute approximate surface area is 204 Å². The molecule has 35 heavy (non-hydrogen) atoms. The normalized spacial score (nSPS) is 19.7. The summed E-state index contributed by atoms with van der Waals surface area (Å²) in [6, 6.07) is 9.16. The largest absolute Gasteiger partial charge is 0.381 e. The molecule has 2 aliphatic heterocycles. The highest BCUT2D eigenvalue weighted by molar-refractivity contribution is 6.05. The molecule has 0 bridgehead atoms. The Hall–Kier alpha value is -3.43. The average Bonchev–Trinajstić information content (AvgIpc) is 3.06. The van der Waals surface area contributed by atoms with E-state index in [0.717, 1.165) is 31.6 Å². The van der Waals surface area contributed by atoms with E-state index >= 15 is 0 Å². The van der Waals surface area contributed by atoms with Gasteiger partial charge in [-0.25, -0.2) is 0 Å². The number of benzene rings is 1. The minimum absolute atomic E-state index is 0.00541. The number of para-hydroxylation sites is 1. The molecule has 2 aromatic heterocycles. The summed E-state index contributed by atoms with van der Waals surface area (Å²) in [5.41, 5.74) is 2.56. The minimum Gasteiger partial charge on any atom is -0.381 e. The molecule has 1 atom stereocenters. The molecule has 2 amide bonds. The topological polar surface area (TPSA) is 97.8 Å². The zero-order valence-electron chi connectivity index (χ0n) is 19.6. The van der Waals surface area contributed by atoms with Crippen LogP contribution in [0.2, 0.25) is 0 Å². The van der Waals surface area contributed by atoms with Crippen LogP contribution >= 0.6 is 0 Å². The Morgan fingerprint density at radius 3 is 2.74 bits per heavy atom. The molecule has 9 heteroatoms. The van der Waals surface area contributed by atoms with E-state index in [1.807, 2.05) is 23.1 Å². The molecule has 0 aliphatic carbocycles. The van der Waals surface area contributed by atoms with Gasteiger partial charge in [0.2, 0.25) is 5.91 Å². The van der Waals surface area contributed by atoms with Crippen molar-refractivity contribution in [2.45, 2.75) is 25.6 Å². The van der Waals surface area contributed by atoms with Crippen LogP contribution < -0.4 is 0 Å². The predicted octanol–water partition coefficient (Wildman–Crippen LogP) is 2.32. The first kappa shape index (κ1) is 23.3. The highest BCUT2D eigenvalue weighted by atomic mass is 16.5. The molecular formula is C26H29N5O4. The second kappa shape index (κ2) is 10.9. The van der Waals surface area contributed by atoms with E-state index in [2.05, 4.69) is 15.0 Å². The van der Waals surface area contributed by atoms with Crippen molar-refractivity contribution in [1.29, 1.82) is 0 Å². The third-order valence-corrected chi connectivity index (χ3v) is 6.57. The van der Waals surface area contributed by atoms with Gasteiger partial charge in [-0.3, -0.25) is 24.5 Å². The van der Waals surface area contributed by atoms with Gasteiger partial charge >= 0.3 is 0 Å². The lowest BCUT2D eigenvalue weighted by atomic mass is 9.99. The molecule has 5 rings (SSSR count). The highest BCUT2D eigenvalue weighted by Crippen LogP contribution is 2.21. The van der Waals surface area contributed by atoms with Crippen molar-refractivity contribution in [3.05, 3.63) is 66.2 Å². The minimum atomic E-state index is -0.327. The standard InChI is InChI=1S/C26H29N5O4/c32-24-17-31(26(33)22-4-1-5-23-25(22)29-10-9-28-23)16-21(35-18-20-3-2-8-27-13-20)15-30(24)14-19-6-11-34-12-7-19/h1-5,8-10,13,19,21H,6-7,11-12,14-18H2/t21-/m0/s1. The fraction of sp³-hybridized carbons (Fsp3) is 0.423. The molecule has 3 aromatic rings. The number of nitrogens with zero attached hydrogens (tertiary/aromatic N) is 5. The number of hydrogen-bond acceptors (Lipinski definition) is 7. The number of carbonyl (C=O) groups excluding carboxylic acids is 2. The Morgan fingerprint density at radius 1 is 1.06 bits per heavy atom. The quantitative estimate of drug-likeness (QED) is 0.540. The first-order valence-corrected chi connectivity index (χ1v) is 12.0. The van der Waals surface area contributed by atoms with Crippen LogP contribution in [-0.4, -0.2) is 82.1 Å². The van der Waals surface area contributed by atoms with Crippen molar-refractivity contribution in [1.82, 2.24) is 24.8 Å². The zero-order valence-corrected chi connectivity index (χ0v) is 19.6. The first-order chi connectivity index (χ1) is 17.2. The highest BCUT2D eigenvalue weighted by Gasteiger charge is 2.33. The number of carbonyl (C=O) groups is 2. The first-order valence-electron chi connectivity index (χ1n) is 12.0. The van der Waals surface area contributed by atoms with Crippen LogP contribution in [0.3, 0.4) is 0 Å². The maximum absolute atomic E-state index is 13.6. The van der Waals surface area contributed by atoms with Gasteiger partial charge in [-0.2, -0.15) is 0 Å². The summed E-state index contributed by atoms with van der Waals surface area (Å²) >= 11 is 0. The van der Waals surface area contributed by atoms with E-state index in [-0.39, 0.29) is 24.5 Å². The molecule has 0 spiro atoms. The van der Waals surface area contributed by atoms with E-state index in [4.69, 9.17) is 9.47 Å². The molecule has 0 N–H and O–H groups in total. The monoisotopic (exact) mass is 475 g/mol. The van der Waals surface area contributed by atoms with Gasteiger partial charge in [-0.05, 0) is 42.5 Å². The van der Waals surface area contributed by atoms with Gasteiger partial charge in [0.25, 0.3) is 5.91 Å². The summed E-state index contributed by atoms with van der Waals surface area (Å²) in [5.74, 6) is 0.0817. The molecule has 1 aromatic carbocycles. The lowest BCUT2D eigenvalue weighted by molar-refractivity contribution is -0.132. The van der Waals surface area contributed by atoms with Crippen LogP contribution in [0.4, 0.5) is 0 Å². The molecule has 4 heterocycles. The summed E-state index contributed by atoms with van der Waals surface area (Å²) in [4.78, 5) is 43.2. The van der Waals surface area contributed by atoms with Crippen LogP contribution in [0, 0.1) is 5.92 Å². The number of fused-ring (bicyclic) bond motifs is 1. The van der Waals surface area contributed by atoms with Crippen molar-refractivity contribution in [3.8, 4) is 0 Å². The second-order valence-corrected chi connectivity index (χ2v) is 9.06. The van der Waals surface area contributed by atoms with E-state index in [1.54, 1.807) is 41.8 Å². The van der Waals surface area contributed by atoms with Gasteiger partial charge in [-0.15, -0.1) is 0 Å². The van der Waals surface area contributed by atoms with Gasteiger partial charge in [0, 0.05) is 57.6 Å². The Kier molecular flexibility index (Phi) is 7.25. The molecular weight excluding hydrogens is 446 g/mol. The van der Waals surface area contributed by atoms with Crippen molar-refractivity contribution < 1.29 is 19.1 Å². The molecule has 0 radical (unpaired) electrons. The lowest BCUT2D eigenvalue weighted by Crippen LogP contribution is -2.42. The SMILES string of the molecule is O=C1CN(C(=O)c2cccc3nccnc23)C[C@@H](OCc2cccnc2)CN1CC1CCOCC1. The van der Waals surface area contributed by atoms with Gasteiger partial charge in [-0.1, -0.05) is 12.1 Å². The summed E-state index contributed by atoms with van der Waals surface area (Å²) in [6.07, 6.45) is 8.19. The maximum Gasteiger partial charge on any atom is 0.256 e. The summed E-state index contributed by atoms with van der Waals surface area (Å²) in [7, 11) is 0.